The van der Waals surface area contributed by atoms with Crippen molar-refractivity contribution in [2.75, 3.05) is 5.88 Å². The average Bonchev–Trinajstić information content (AvgIpc) is 2.77. The van der Waals surface area contributed by atoms with Gasteiger partial charge in [0.1, 0.15) is 12.5 Å². The molecule has 1 aromatic rings. The van der Waals surface area contributed by atoms with Gasteiger partial charge in [-0.25, -0.2) is 0 Å². The first-order valence-electron chi connectivity index (χ1n) is 5.09. The predicted molar refractivity (Wildman–Crippen MR) is 67.1 cm³/mol. The first-order valence-corrected chi connectivity index (χ1v) is 6.42. The van der Waals surface area contributed by atoms with E-state index < -0.39 is 5.79 Å². The smallest absolute Gasteiger partial charge is 0.276 e. The van der Waals surface area contributed by atoms with E-state index in [2.05, 4.69) is 15.9 Å². The fourth-order valence-electron chi connectivity index (χ4n) is 1.70. The second-order valence-corrected chi connectivity index (χ2v) is 4.85. The molecule has 1 aliphatic heterocycles. The monoisotopic (exact) mass is 302 g/mol. The molecule has 2 nitrogen and oxygen atoms in total. The zero-order valence-electron chi connectivity index (χ0n) is 8.66. The summed E-state index contributed by atoms with van der Waals surface area (Å²) in [6.45, 7) is 0. The highest BCUT2D eigenvalue weighted by Gasteiger charge is 2.37. The van der Waals surface area contributed by atoms with Gasteiger partial charge in [0.2, 0.25) is 0 Å². The topological polar surface area (TPSA) is 18.5 Å². The highest BCUT2D eigenvalue weighted by atomic mass is 79.9. The van der Waals surface area contributed by atoms with Gasteiger partial charge in [0.15, 0.2) is 0 Å². The van der Waals surface area contributed by atoms with Gasteiger partial charge >= 0.3 is 0 Å². The normalized spacial score (nSPS) is 16.9. The lowest BCUT2D eigenvalue weighted by atomic mass is 10.0. The van der Waals surface area contributed by atoms with Crippen LogP contribution in [0.25, 0.3) is 0 Å². The summed E-state index contributed by atoms with van der Waals surface area (Å²) in [5, 5.41) is 0. The molecule has 1 aromatic carbocycles. The van der Waals surface area contributed by atoms with Gasteiger partial charge in [0.05, 0.1) is 0 Å². The van der Waals surface area contributed by atoms with E-state index in [0.717, 1.165) is 22.9 Å². The van der Waals surface area contributed by atoms with Crippen molar-refractivity contribution in [3.8, 4) is 0 Å². The third-order valence-corrected chi connectivity index (χ3v) is 3.29. The van der Waals surface area contributed by atoms with Gasteiger partial charge in [-0.05, 0) is 18.6 Å². The summed E-state index contributed by atoms with van der Waals surface area (Å²) in [5.41, 5.74) is 1.01. The van der Waals surface area contributed by atoms with Crippen LogP contribution in [0.4, 0.5) is 0 Å². The molecule has 0 fully saturated rings. The van der Waals surface area contributed by atoms with Crippen molar-refractivity contribution in [3.05, 3.63) is 46.8 Å². The summed E-state index contributed by atoms with van der Waals surface area (Å²) < 4.78 is 12.2. The minimum absolute atomic E-state index is 0.602. The Morgan fingerprint density at radius 3 is 2.31 bits per heavy atom. The number of alkyl halides is 1. The van der Waals surface area contributed by atoms with Crippen LogP contribution in [0.1, 0.15) is 18.4 Å². The van der Waals surface area contributed by atoms with Gasteiger partial charge in [-0.15, -0.1) is 11.6 Å². The fourth-order valence-corrected chi connectivity index (χ4v) is 2.10. The molecule has 0 aromatic heterocycles. The van der Waals surface area contributed by atoms with Crippen LogP contribution in [0.5, 0.6) is 0 Å². The first-order chi connectivity index (χ1) is 7.77. The molecule has 0 bridgehead atoms. The van der Waals surface area contributed by atoms with E-state index in [1.54, 1.807) is 12.5 Å². The molecular formula is C12H12BrClO2. The summed E-state index contributed by atoms with van der Waals surface area (Å²) in [5.74, 6) is -0.0827. The van der Waals surface area contributed by atoms with E-state index >= 15 is 0 Å². The minimum Gasteiger partial charge on any atom is -0.453 e. The maximum atomic E-state index is 5.72. The van der Waals surface area contributed by atoms with Crippen LogP contribution in [0.15, 0.2) is 41.3 Å². The van der Waals surface area contributed by atoms with Crippen molar-refractivity contribution in [1.29, 1.82) is 0 Å². The van der Waals surface area contributed by atoms with Gasteiger partial charge in [-0.3, -0.25) is 0 Å². The number of rotatable bonds is 4. The van der Waals surface area contributed by atoms with Crippen LogP contribution in [-0.2, 0) is 15.3 Å². The molecule has 16 heavy (non-hydrogen) atoms. The average molecular weight is 304 g/mol. The van der Waals surface area contributed by atoms with E-state index in [4.69, 9.17) is 21.1 Å². The summed E-state index contributed by atoms with van der Waals surface area (Å²) in [6, 6.07) is 7.93. The predicted octanol–water partition coefficient (Wildman–Crippen LogP) is 4.14. The number of benzene rings is 1. The highest BCUT2D eigenvalue weighted by molar-refractivity contribution is 9.10. The van der Waals surface area contributed by atoms with Gasteiger partial charge in [0, 0.05) is 22.3 Å². The quantitative estimate of drug-likeness (QED) is 0.778. The van der Waals surface area contributed by atoms with Crippen LogP contribution in [0.3, 0.4) is 0 Å². The molecule has 2 rings (SSSR count). The lowest BCUT2D eigenvalue weighted by Gasteiger charge is -2.28. The fraction of sp³-hybridized carbons (Fsp3) is 0.333. The number of ether oxygens (including phenoxy) is 2. The number of hydrogen-bond donors (Lipinski definition) is 0. The van der Waals surface area contributed by atoms with Crippen LogP contribution in [0.2, 0.25) is 0 Å². The number of hydrogen-bond acceptors (Lipinski definition) is 2. The number of halogens is 2. The van der Waals surface area contributed by atoms with E-state index in [-0.39, 0.29) is 0 Å². The van der Waals surface area contributed by atoms with E-state index in [1.165, 1.54) is 0 Å². The summed E-state index contributed by atoms with van der Waals surface area (Å²) in [6.07, 6.45) is 4.75. The molecule has 0 atom stereocenters. The third kappa shape index (κ3) is 2.36. The minimum atomic E-state index is -0.685. The molecule has 1 aliphatic rings. The molecule has 0 amide bonds. The van der Waals surface area contributed by atoms with Gasteiger partial charge < -0.3 is 9.47 Å². The molecule has 0 aliphatic carbocycles. The van der Waals surface area contributed by atoms with E-state index in [9.17, 15) is 0 Å². The Hall–Kier alpha value is -0.670. The second-order valence-electron chi connectivity index (χ2n) is 3.56. The summed E-state index contributed by atoms with van der Waals surface area (Å²) >= 11 is 9.12. The zero-order valence-corrected chi connectivity index (χ0v) is 11.0. The Bertz CT molecular complexity index is 367. The van der Waals surface area contributed by atoms with Crippen molar-refractivity contribution in [2.24, 2.45) is 0 Å². The molecule has 0 N–H and O–H groups in total. The van der Waals surface area contributed by atoms with Crippen molar-refractivity contribution in [2.45, 2.75) is 18.6 Å². The van der Waals surface area contributed by atoms with E-state index in [1.807, 2.05) is 24.3 Å². The van der Waals surface area contributed by atoms with E-state index in [0.29, 0.717) is 5.88 Å². The Kier molecular flexibility index (Phi) is 3.77. The first kappa shape index (κ1) is 11.8. The Labute approximate surface area is 108 Å². The highest BCUT2D eigenvalue weighted by Crippen LogP contribution is 2.37. The standard InChI is InChI=1S/C12H12BrClO2/c13-11-4-2-10(3-5-11)12(6-1-7-14)15-8-9-16-12/h2-5,8-9H,1,6-7H2. The molecule has 0 unspecified atom stereocenters. The summed E-state index contributed by atoms with van der Waals surface area (Å²) in [4.78, 5) is 0. The van der Waals surface area contributed by atoms with Gasteiger partial charge in [-0.2, -0.15) is 0 Å². The Balaban J connectivity index is 2.21. The van der Waals surface area contributed by atoms with Crippen LogP contribution >= 0.6 is 27.5 Å². The molecule has 1 heterocycles. The molecule has 0 saturated heterocycles. The van der Waals surface area contributed by atoms with Crippen molar-refractivity contribution >= 4 is 27.5 Å². The van der Waals surface area contributed by atoms with Crippen molar-refractivity contribution in [3.63, 3.8) is 0 Å². The van der Waals surface area contributed by atoms with Crippen molar-refractivity contribution in [1.82, 2.24) is 0 Å². The maximum absolute atomic E-state index is 5.72. The molecule has 0 saturated carbocycles. The lowest BCUT2D eigenvalue weighted by molar-refractivity contribution is -0.155. The SMILES string of the molecule is ClCCCC1(c2ccc(Br)cc2)OC=CO1. The Morgan fingerprint density at radius 1 is 1.12 bits per heavy atom. The molecule has 0 radical (unpaired) electrons. The van der Waals surface area contributed by atoms with Gasteiger partial charge in [0.25, 0.3) is 5.79 Å². The van der Waals surface area contributed by atoms with Gasteiger partial charge in [-0.1, -0.05) is 28.1 Å². The van der Waals surface area contributed by atoms with Crippen molar-refractivity contribution < 1.29 is 9.47 Å². The lowest BCUT2D eigenvalue weighted by Crippen LogP contribution is -2.27. The summed E-state index contributed by atoms with van der Waals surface area (Å²) in [7, 11) is 0. The molecule has 86 valence electrons. The second kappa shape index (κ2) is 5.11. The van der Waals surface area contributed by atoms with Crippen LogP contribution in [-0.4, -0.2) is 5.88 Å². The zero-order chi connectivity index (χ0) is 11.4. The third-order valence-electron chi connectivity index (χ3n) is 2.50. The largest absolute Gasteiger partial charge is 0.453 e. The molecule has 4 heteroatoms. The van der Waals surface area contributed by atoms with Crippen LogP contribution < -0.4 is 0 Å². The van der Waals surface area contributed by atoms with Crippen LogP contribution in [0, 0.1) is 0 Å². The molecule has 0 spiro atoms. The Morgan fingerprint density at radius 2 is 1.75 bits per heavy atom. The molecular weight excluding hydrogens is 291 g/mol. The maximum Gasteiger partial charge on any atom is 0.276 e.